The number of ether oxygens (including phenoxy) is 1. The van der Waals surface area contributed by atoms with Gasteiger partial charge in [-0.15, -0.1) is 0 Å². The standard InChI is InChI=1S/C23H23N5O5S/c1-33-17-2-4-18(5-3-17)34(31,32)27-12-15-10-16(14-27)21-7-6-19(23(30)28(21)13-15)26-22(29)20-11-24-8-9-25-20/h2-9,11,15-16H,10,12-14H2,1H3,(H,26,29)/t15-,16+/m0/s1. The molecule has 2 atom stereocenters. The van der Waals surface area contributed by atoms with Gasteiger partial charge in [0.1, 0.15) is 17.1 Å². The van der Waals surface area contributed by atoms with Crippen LogP contribution in [0.3, 0.4) is 0 Å². The van der Waals surface area contributed by atoms with Crippen LogP contribution in [0, 0.1) is 5.92 Å². The van der Waals surface area contributed by atoms with E-state index in [0.29, 0.717) is 18.8 Å². The minimum absolute atomic E-state index is 0.0112. The van der Waals surface area contributed by atoms with E-state index in [9.17, 15) is 18.0 Å². The average Bonchev–Trinajstić information content (AvgIpc) is 2.86. The van der Waals surface area contributed by atoms with Crippen LogP contribution in [0.5, 0.6) is 5.75 Å². The largest absolute Gasteiger partial charge is 0.497 e. The first-order valence-corrected chi connectivity index (χ1v) is 12.3. The molecule has 4 heterocycles. The molecule has 0 aliphatic carbocycles. The number of nitrogens with one attached hydrogen (secondary N) is 1. The summed E-state index contributed by atoms with van der Waals surface area (Å²) in [5, 5.41) is 2.61. The van der Waals surface area contributed by atoms with Gasteiger partial charge in [0.05, 0.1) is 18.2 Å². The minimum atomic E-state index is -3.68. The molecule has 1 fully saturated rings. The lowest BCUT2D eigenvalue weighted by Gasteiger charge is -2.42. The van der Waals surface area contributed by atoms with Gasteiger partial charge < -0.3 is 14.6 Å². The molecule has 34 heavy (non-hydrogen) atoms. The summed E-state index contributed by atoms with van der Waals surface area (Å²) in [6.07, 6.45) is 5.00. The number of carbonyl (C=O) groups is 1. The Morgan fingerprint density at radius 1 is 1.09 bits per heavy atom. The number of fused-ring (bicyclic) bond motifs is 4. The van der Waals surface area contributed by atoms with Crippen molar-refractivity contribution in [3.63, 3.8) is 0 Å². The van der Waals surface area contributed by atoms with Gasteiger partial charge in [0, 0.05) is 43.6 Å². The fourth-order valence-electron chi connectivity index (χ4n) is 4.69. The van der Waals surface area contributed by atoms with Crippen molar-refractivity contribution in [3.8, 4) is 5.75 Å². The molecule has 1 aromatic carbocycles. The van der Waals surface area contributed by atoms with Crippen molar-refractivity contribution in [2.45, 2.75) is 23.8 Å². The highest BCUT2D eigenvalue weighted by Gasteiger charge is 2.39. The second-order valence-corrected chi connectivity index (χ2v) is 10.4. The summed E-state index contributed by atoms with van der Waals surface area (Å²) >= 11 is 0. The lowest BCUT2D eigenvalue weighted by molar-refractivity contribution is 0.102. The molecule has 3 aromatic rings. The molecule has 176 valence electrons. The number of hydrogen-bond acceptors (Lipinski definition) is 7. The van der Waals surface area contributed by atoms with Crippen LogP contribution >= 0.6 is 0 Å². The van der Waals surface area contributed by atoms with Crippen LogP contribution in [0.2, 0.25) is 0 Å². The third-order valence-electron chi connectivity index (χ3n) is 6.31. The number of anilines is 1. The summed E-state index contributed by atoms with van der Waals surface area (Å²) in [6.45, 7) is 0.997. The maximum atomic E-state index is 13.3. The first kappa shape index (κ1) is 22.2. The van der Waals surface area contributed by atoms with Crippen LogP contribution in [0.15, 0.2) is 64.7 Å². The van der Waals surface area contributed by atoms with Gasteiger partial charge in [-0.05, 0) is 48.7 Å². The van der Waals surface area contributed by atoms with Gasteiger partial charge in [0.2, 0.25) is 10.0 Å². The van der Waals surface area contributed by atoms with E-state index in [4.69, 9.17) is 4.74 Å². The Kier molecular flexibility index (Phi) is 5.66. The fraction of sp³-hybridized carbons (Fsp3) is 0.304. The van der Waals surface area contributed by atoms with Crippen LogP contribution in [0.25, 0.3) is 0 Å². The van der Waals surface area contributed by atoms with Crippen LogP contribution < -0.4 is 15.6 Å². The van der Waals surface area contributed by atoms with Crippen molar-refractivity contribution in [3.05, 3.63) is 76.7 Å². The summed E-state index contributed by atoms with van der Waals surface area (Å²) in [4.78, 5) is 33.6. The summed E-state index contributed by atoms with van der Waals surface area (Å²) < 4.78 is 34.8. The molecule has 0 radical (unpaired) electrons. The minimum Gasteiger partial charge on any atom is -0.497 e. The number of pyridine rings is 1. The Hall–Kier alpha value is -3.57. The third kappa shape index (κ3) is 3.97. The molecule has 0 unspecified atom stereocenters. The fourth-order valence-corrected chi connectivity index (χ4v) is 6.25. The van der Waals surface area contributed by atoms with E-state index < -0.39 is 15.9 Å². The van der Waals surface area contributed by atoms with Crippen LogP contribution in [0.4, 0.5) is 5.69 Å². The Bertz CT molecular complexity index is 1390. The van der Waals surface area contributed by atoms with Crippen molar-refractivity contribution < 1.29 is 17.9 Å². The highest BCUT2D eigenvalue weighted by Crippen LogP contribution is 2.37. The molecular formula is C23H23N5O5S. The number of sulfonamides is 1. The topological polar surface area (TPSA) is 123 Å². The number of benzene rings is 1. The molecule has 1 amide bonds. The molecule has 2 bridgehead atoms. The molecule has 10 nitrogen and oxygen atoms in total. The van der Waals surface area contributed by atoms with Gasteiger partial charge in [-0.25, -0.2) is 13.4 Å². The summed E-state index contributed by atoms with van der Waals surface area (Å²) in [6, 6.07) is 9.70. The highest BCUT2D eigenvalue weighted by atomic mass is 32.2. The molecule has 0 spiro atoms. The van der Waals surface area contributed by atoms with E-state index in [-0.39, 0.29) is 40.2 Å². The zero-order valence-electron chi connectivity index (χ0n) is 18.4. The first-order chi connectivity index (χ1) is 16.4. The van der Waals surface area contributed by atoms with Crippen LogP contribution in [-0.2, 0) is 16.6 Å². The van der Waals surface area contributed by atoms with E-state index >= 15 is 0 Å². The van der Waals surface area contributed by atoms with Gasteiger partial charge in [-0.2, -0.15) is 4.31 Å². The Morgan fingerprint density at radius 3 is 2.59 bits per heavy atom. The zero-order chi connectivity index (χ0) is 23.9. The lowest BCUT2D eigenvalue weighted by atomic mass is 9.84. The van der Waals surface area contributed by atoms with Crippen molar-refractivity contribution in [2.24, 2.45) is 5.92 Å². The lowest BCUT2D eigenvalue weighted by Crippen LogP contribution is -2.49. The van der Waals surface area contributed by atoms with Crippen LogP contribution in [0.1, 0.15) is 28.5 Å². The van der Waals surface area contributed by atoms with Gasteiger partial charge >= 0.3 is 0 Å². The van der Waals surface area contributed by atoms with Crippen molar-refractivity contribution in [1.82, 2.24) is 18.8 Å². The molecule has 2 aliphatic rings. The number of hydrogen-bond donors (Lipinski definition) is 1. The first-order valence-electron chi connectivity index (χ1n) is 10.8. The molecule has 2 aliphatic heterocycles. The van der Waals surface area contributed by atoms with Gasteiger partial charge in [-0.3, -0.25) is 14.6 Å². The smallest absolute Gasteiger partial charge is 0.276 e. The number of piperidine rings is 1. The third-order valence-corrected chi connectivity index (χ3v) is 8.16. The van der Waals surface area contributed by atoms with Crippen molar-refractivity contribution in [2.75, 3.05) is 25.5 Å². The van der Waals surface area contributed by atoms with E-state index in [2.05, 4.69) is 15.3 Å². The van der Waals surface area contributed by atoms with E-state index in [0.717, 1.165) is 12.1 Å². The Morgan fingerprint density at radius 2 is 1.88 bits per heavy atom. The van der Waals surface area contributed by atoms with Crippen LogP contribution in [-0.4, -0.2) is 53.4 Å². The summed E-state index contributed by atoms with van der Waals surface area (Å²) in [5.41, 5.74) is 0.729. The van der Waals surface area contributed by atoms with E-state index in [1.54, 1.807) is 41.0 Å². The molecule has 1 N–H and O–H groups in total. The van der Waals surface area contributed by atoms with Gasteiger partial charge in [-0.1, -0.05) is 0 Å². The van der Waals surface area contributed by atoms with E-state index in [1.807, 2.05) is 0 Å². The molecule has 0 saturated carbocycles. The number of nitrogens with zero attached hydrogens (tertiary/aromatic N) is 4. The van der Waals surface area contributed by atoms with Crippen molar-refractivity contribution in [1.29, 1.82) is 0 Å². The normalized spacial score (nSPS) is 19.8. The monoisotopic (exact) mass is 481 g/mol. The Balaban J connectivity index is 1.39. The summed E-state index contributed by atoms with van der Waals surface area (Å²) in [7, 11) is -2.15. The molecule has 1 saturated heterocycles. The van der Waals surface area contributed by atoms with Gasteiger partial charge in [0.25, 0.3) is 11.5 Å². The number of methoxy groups -OCH3 is 1. The number of amides is 1. The average molecular weight is 482 g/mol. The molecule has 11 heteroatoms. The highest BCUT2D eigenvalue weighted by molar-refractivity contribution is 7.89. The predicted molar refractivity (Wildman–Crippen MR) is 123 cm³/mol. The number of carbonyl (C=O) groups excluding carboxylic acids is 1. The second-order valence-electron chi connectivity index (χ2n) is 8.43. The molecular weight excluding hydrogens is 458 g/mol. The predicted octanol–water partition coefficient (Wildman–Crippen LogP) is 1.71. The zero-order valence-corrected chi connectivity index (χ0v) is 19.2. The molecule has 2 aromatic heterocycles. The maximum Gasteiger partial charge on any atom is 0.276 e. The SMILES string of the molecule is COc1ccc(S(=O)(=O)N2C[C@@H]3C[C@H](C2)c2ccc(NC(=O)c4cnccn4)c(=O)n2C3)cc1. The van der Waals surface area contributed by atoms with E-state index in [1.165, 1.54) is 30.0 Å². The number of rotatable bonds is 5. The maximum absolute atomic E-state index is 13.3. The van der Waals surface area contributed by atoms with Gasteiger partial charge in [0.15, 0.2) is 0 Å². The number of aromatic nitrogens is 3. The second kappa shape index (κ2) is 8.65. The quantitative estimate of drug-likeness (QED) is 0.588. The summed E-state index contributed by atoms with van der Waals surface area (Å²) in [5.74, 6) is -0.0515. The Labute approximate surface area is 196 Å². The van der Waals surface area contributed by atoms with Crippen molar-refractivity contribution >= 4 is 21.6 Å². The molecule has 5 rings (SSSR count).